The van der Waals surface area contributed by atoms with E-state index in [0.717, 1.165) is 4.90 Å². The molecule has 0 aromatic carbocycles. The number of thiazole rings is 1. The van der Waals surface area contributed by atoms with E-state index in [1.807, 2.05) is 18.2 Å². The summed E-state index contributed by atoms with van der Waals surface area (Å²) < 4.78 is 5.01. The maximum atomic E-state index is 12.5. The third-order valence-electron chi connectivity index (χ3n) is 4.96. The second kappa shape index (κ2) is 8.02. The van der Waals surface area contributed by atoms with Crippen LogP contribution in [0.5, 0.6) is 0 Å². The predicted octanol–water partition coefficient (Wildman–Crippen LogP) is 1.51. The lowest BCUT2D eigenvalue weighted by Crippen LogP contribution is -2.44. The number of aryl methyl sites for hydroxylation is 1. The lowest BCUT2D eigenvalue weighted by atomic mass is 9.85. The molecule has 0 unspecified atom stereocenters. The molecule has 0 N–H and O–H groups in total. The highest BCUT2D eigenvalue weighted by Crippen LogP contribution is 2.36. The third kappa shape index (κ3) is 3.60. The molecule has 1 fully saturated rings. The topological polar surface area (TPSA) is 117 Å². The Morgan fingerprint density at radius 2 is 1.93 bits per heavy atom. The summed E-state index contributed by atoms with van der Waals surface area (Å²) in [5, 5.41) is 11.3. The fourth-order valence-electron chi connectivity index (χ4n) is 3.43. The van der Waals surface area contributed by atoms with Crippen LogP contribution in [0.1, 0.15) is 36.4 Å². The largest absolute Gasteiger partial charge is 0.456 e. The summed E-state index contributed by atoms with van der Waals surface area (Å²) in [4.78, 5) is 54.7. The second-order valence-electron chi connectivity index (χ2n) is 6.84. The van der Waals surface area contributed by atoms with Crippen molar-refractivity contribution >= 4 is 34.9 Å². The number of aromatic nitrogens is 1. The number of likely N-dealkylation sites (tertiary alicyclic amines) is 1. The van der Waals surface area contributed by atoms with Crippen molar-refractivity contribution in [2.45, 2.75) is 38.6 Å². The van der Waals surface area contributed by atoms with Crippen LogP contribution in [0.25, 0.3) is 0 Å². The van der Waals surface area contributed by atoms with Crippen LogP contribution in [0.2, 0.25) is 0 Å². The molecule has 146 valence electrons. The predicted molar refractivity (Wildman–Crippen MR) is 97.8 cm³/mol. The van der Waals surface area contributed by atoms with Gasteiger partial charge in [-0.05, 0) is 26.7 Å². The number of esters is 1. The summed E-state index contributed by atoms with van der Waals surface area (Å²) in [5.74, 6) is -4.23. The molecule has 1 aliphatic heterocycles. The normalized spacial score (nSPS) is 23.1. The van der Waals surface area contributed by atoms with Crippen molar-refractivity contribution in [3.63, 3.8) is 0 Å². The summed E-state index contributed by atoms with van der Waals surface area (Å²) in [7, 11) is 0. The first kappa shape index (κ1) is 19.9. The first-order valence-electron chi connectivity index (χ1n) is 8.88. The van der Waals surface area contributed by atoms with Gasteiger partial charge in [0.1, 0.15) is 11.0 Å². The molecule has 28 heavy (non-hydrogen) atoms. The van der Waals surface area contributed by atoms with Gasteiger partial charge in [-0.1, -0.05) is 12.2 Å². The minimum atomic E-state index is -1.12. The molecular formula is C19H19N3O5S. The zero-order valence-electron chi connectivity index (χ0n) is 15.5. The molecule has 2 heterocycles. The van der Waals surface area contributed by atoms with Crippen LogP contribution >= 0.6 is 11.3 Å². The molecular weight excluding hydrogens is 382 g/mol. The fourth-order valence-corrected chi connectivity index (χ4v) is 4.29. The van der Waals surface area contributed by atoms with Gasteiger partial charge in [-0.3, -0.25) is 19.3 Å². The standard InChI is InChI=1S/C19H19N3O5S/c1-10-9-28-16(21-10)14(7-20)15(23)8-27-19(26)11(2)22-17(24)12-5-3-4-6-13(12)18(22)25/h3-4,9,11-14H,5-6,8H2,1-2H3/t11-,12-,13-,14+/m0/s1. The van der Waals surface area contributed by atoms with Crippen LogP contribution in [0, 0.1) is 30.1 Å². The summed E-state index contributed by atoms with van der Waals surface area (Å²) in [6.45, 7) is 2.53. The Morgan fingerprint density at radius 3 is 2.43 bits per heavy atom. The number of carbonyl (C=O) groups excluding carboxylic acids is 4. The molecule has 9 heteroatoms. The first-order chi connectivity index (χ1) is 13.3. The Balaban J connectivity index is 1.61. The van der Waals surface area contributed by atoms with E-state index < -0.39 is 42.2 Å². The van der Waals surface area contributed by atoms with Crippen LogP contribution in [-0.4, -0.2) is 46.1 Å². The van der Waals surface area contributed by atoms with Crippen LogP contribution in [0.3, 0.4) is 0 Å². The Morgan fingerprint density at radius 1 is 1.32 bits per heavy atom. The molecule has 2 aliphatic rings. The number of imide groups is 1. The number of hydrogen-bond acceptors (Lipinski definition) is 8. The zero-order chi connectivity index (χ0) is 20.4. The van der Waals surface area contributed by atoms with E-state index in [2.05, 4.69) is 4.98 Å². The summed E-state index contributed by atoms with van der Waals surface area (Å²) in [6, 6.07) is 0.745. The van der Waals surface area contributed by atoms with Crippen LogP contribution in [0.4, 0.5) is 0 Å². The van der Waals surface area contributed by atoms with Gasteiger partial charge in [0.15, 0.2) is 18.3 Å². The van der Waals surface area contributed by atoms with Gasteiger partial charge in [-0.25, -0.2) is 9.78 Å². The van der Waals surface area contributed by atoms with Crippen molar-refractivity contribution in [3.8, 4) is 6.07 Å². The number of rotatable bonds is 6. The Labute approximate surface area is 165 Å². The maximum absolute atomic E-state index is 12.5. The van der Waals surface area contributed by atoms with E-state index in [0.29, 0.717) is 23.5 Å². The van der Waals surface area contributed by atoms with Crippen LogP contribution in [0.15, 0.2) is 17.5 Å². The first-order valence-corrected chi connectivity index (χ1v) is 9.76. The van der Waals surface area contributed by atoms with E-state index in [1.54, 1.807) is 12.3 Å². The lowest BCUT2D eigenvalue weighted by Gasteiger charge is -2.21. The molecule has 0 spiro atoms. The number of fused-ring (bicyclic) bond motifs is 1. The third-order valence-corrected chi connectivity index (χ3v) is 5.99. The molecule has 0 radical (unpaired) electrons. The molecule has 0 saturated carbocycles. The number of hydrogen-bond donors (Lipinski definition) is 0. The van der Waals surface area contributed by atoms with Gasteiger partial charge < -0.3 is 4.74 Å². The van der Waals surface area contributed by atoms with Crippen molar-refractivity contribution in [1.29, 1.82) is 5.26 Å². The van der Waals surface area contributed by atoms with E-state index in [-0.39, 0.29) is 11.8 Å². The van der Waals surface area contributed by atoms with E-state index in [4.69, 9.17) is 4.74 Å². The van der Waals surface area contributed by atoms with Crippen molar-refractivity contribution in [2.75, 3.05) is 6.61 Å². The molecule has 3 rings (SSSR count). The number of Topliss-reactive ketones (excluding diaryl/α,β-unsaturated/α-hetero) is 1. The molecule has 1 aliphatic carbocycles. The minimum Gasteiger partial charge on any atom is -0.456 e. The van der Waals surface area contributed by atoms with Gasteiger partial charge in [-0.2, -0.15) is 5.26 Å². The van der Waals surface area contributed by atoms with Gasteiger partial charge in [0.2, 0.25) is 11.8 Å². The van der Waals surface area contributed by atoms with Gasteiger partial charge in [0, 0.05) is 11.1 Å². The average molecular weight is 401 g/mol. The lowest BCUT2D eigenvalue weighted by molar-refractivity contribution is -0.159. The molecule has 1 aromatic rings. The van der Waals surface area contributed by atoms with E-state index in [1.165, 1.54) is 18.3 Å². The van der Waals surface area contributed by atoms with Crippen molar-refractivity contribution in [3.05, 3.63) is 28.2 Å². The summed E-state index contributed by atoms with van der Waals surface area (Å²) >= 11 is 1.19. The quantitative estimate of drug-likeness (QED) is 0.403. The molecule has 4 atom stereocenters. The average Bonchev–Trinajstić information content (AvgIpc) is 3.22. The Hall–Kier alpha value is -2.86. The summed E-state index contributed by atoms with van der Waals surface area (Å²) in [6.07, 6.45) is 4.67. The van der Waals surface area contributed by atoms with Crippen LogP contribution in [-0.2, 0) is 23.9 Å². The number of amides is 2. The van der Waals surface area contributed by atoms with Crippen LogP contribution < -0.4 is 0 Å². The zero-order valence-corrected chi connectivity index (χ0v) is 16.3. The number of ketones is 1. The van der Waals surface area contributed by atoms with Crippen molar-refractivity contribution in [2.24, 2.45) is 11.8 Å². The number of nitriles is 1. The van der Waals surface area contributed by atoms with Gasteiger partial charge in [0.05, 0.1) is 17.9 Å². The Kier molecular flexibility index (Phi) is 5.70. The van der Waals surface area contributed by atoms with E-state index >= 15 is 0 Å². The van der Waals surface area contributed by atoms with Crippen molar-refractivity contribution < 1.29 is 23.9 Å². The Bertz CT molecular complexity index is 874. The molecule has 1 aromatic heterocycles. The number of nitrogens with zero attached hydrogens (tertiary/aromatic N) is 3. The number of ether oxygens (including phenoxy) is 1. The number of allylic oxidation sites excluding steroid dienone is 2. The molecule has 0 bridgehead atoms. The van der Waals surface area contributed by atoms with E-state index in [9.17, 15) is 24.4 Å². The monoisotopic (exact) mass is 401 g/mol. The highest BCUT2D eigenvalue weighted by Gasteiger charge is 2.50. The fraction of sp³-hybridized carbons (Fsp3) is 0.474. The highest BCUT2D eigenvalue weighted by atomic mass is 32.1. The van der Waals surface area contributed by atoms with Gasteiger partial charge in [0.25, 0.3) is 0 Å². The molecule has 1 saturated heterocycles. The maximum Gasteiger partial charge on any atom is 0.329 e. The van der Waals surface area contributed by atoms with Crippen molar-refractivity contribution in [1.82, 2.24) is 9.88 Å². The number of carbonyl (C=O) groups is 4. The highest BCUT2D eigenvalue weighted by molar-refractivity contribution is 7.09. The SMILES string of the molecule is Cc1csc([C@H](C#N)C(=O)COC(=O)[C@H](C)N2C(=O)[C@H]3CC=CC[C@@H]3C2=O)n1. The smallest absolute Gasteiger partial charge is 0.329 e. The molecule has 2 amide bonds. The minimum absolute atomic E-state index is 0.343. The van der Waals surface area contributed by atoms with Gasteiger partial charge >= 0.3 is 5.97 Å². The molecule has 8 nitrogen and oxygen atoms in total. The summed E-state index contributed by atoms with van der Waals surface area (Å²) in [5.41, 5.74) is 0.695. The van der Waals surface area contributed by atoms with Gasteiger partial charge in [-0.15, -0.1) is 11.3 Å². The second-order valence-corrected chi connectivity index (χ2v) is 7.73.